The molecule has 0 radical (unpaired) electrons. The number of ether oxygens (including phenoxy) is 1. The average molecular weight is 295 g/mol. The number of piperazine rings is 1. The van der Waals surface area contributed by atoms with Crippen LogP contribution in [-0.2, 0) is 4.79 Å². The number of halogens is 1. The number of hydrogen-bond donors (Lipinski definition) is 0. The molecule has 20 heavy (non-hydrogen) atoms. The second-order valence-corrected chi connectivity index (χ2v) is 5.15. The maximum absolute atomic E-state index is 12.0. The second kappa shape index (κ2) is 7.31. The van der Waals surface area contributed by atoms with Crippen molar-refractivity contribution in [1.29, 1.82) is 0 Å². The lowest BCUT2D eigenvalue weighted by Gasteiger charge is -2.34. The van der Waals surface area contributed by atoms with Crippen LogP contribution < -0.4 is 4.74 Å². The van der Waals surface area contributed by atoms with Gasteiger partial charge in [0.05, 0.1) is 0 Å². The molecule has 1 amide bonds. The molecule has 0 aromatic heterocycles. The zero-order valence-corrected chi connectivity index (χ0v) is 12.2. The van der Waals surface area contributed by atoms with Gasteiger partial charge in [-0.05, 0) is 24.3 Å². The minimum absolute atomic E-state index is 0.0261. The van der Waals surface area contributed by atoms with Crippen molar-refractivity contribution in [3.63, 3.8) is 0 Å². The van der Waals surface area contributed by atoms with E-state index in [-0.39, 0.29) is 12.5 Å². The third kappa shape index (κ3) is 4.25. The highest BCUT2D eigenvalue weighted by molar-refractivity contribution is 6.30. The van der Waals surface area contributed by atoms with Crippen molar-refractivity contribution >= 4 is 17.5 Å². The van der Waals surface area contributed by atoms with Gasteiger partial charge >= 0.3 is 0 Å². The summed E-state index contributed by atoms with van der Waals surface area (Å²) < 4.78 is 5.47. The molecule has 4 nitrogen and oxygen atoms in total. The van der Waals surface area contributed by atoms with Gasteiger partial charge in [-0.1, -0.05) is 17.7 Å². The lowest BCUT2D eigenvalue weighted by molar-refractivity contribution is -0.135. The van der Waals surface area contributed by atoms with Crippen molar-refractivity contribution in [1.82, 2.24) is 9.80 Å². The van der Waals surface area contributed by atoms with Crippen molar-refractivity contribution in [2.75, 3.05) is 39.3 Å². The molecule has 2 rings (SSSR count). The van der Waals surface area contributed by atoms with Gasteiger partial charge in [0.2, 0.25) is 0 Å². The Morgan fingerprint density at radius 3 is 2.50 bits per heavy atom. The third-order valence-electron chi connectivity index (χ3n) is 3.29. The Hall–Kier alpha value is -1.52. The maximum Gasteiger partial charge on any atom is 0.260 e. The summed E-state index contributed by atoms with van der Waals surface area (Å²) in [6.45, 7) is 7.95. The smallest absolute Gasteiger partial charge is 0.260 e. The zero-order chi connectivity index (χ0) is 14.4. The van der Waals surface area contributed by atoms with Gasteiger partial charge in [-0.2, -0.15) is 0 Å². The van der Waals surface area contributed by atoms with Gasteiger partial charge in [0, 0.05) is 37.7 Å². The molecule has 1 fully saturated rings. The molecule has 1 aromatic rings. The van der Waals surface area contributed by atoms with Crippen molar-refractivity contribution in [3.8, 4) is 5.75 Å². The first kappa shape index (κ1) is 14.9. The molecule has 1 aliphatic rings. The number of amides is 1. The quantitative estimate of drug-likeness (QED) is 0.779. The summed E-state index contributed by atoms with van der Waals surface area (Å²) in [6, 6.07) is 7.01. The van der Waals surface area contributed by atoms with Crippen LogP contribution in [-0.4, -0.2) is 55.0 Å². The highest BCUT2D eigenvalue weighted by Gasteiger charge is 2.20. The van der Waals surface area contributed by atoms with Gasteiger partial charge < -0.3 is 9.64 Å². The minimum atomic E-state index is 0.0261. The van der Waals surface area contributed by atoms with E-state index in [0.29, 0.717) is 10.8 Å². The van der Waals surface area contributed by atoms with Gasteiger partial charge in [-0.3, -0.25) is 9.69 Å². The summed E-state index contributed by atoms with van der Waals surface area (Å²) in [4.78, 5) is 16.2. The maximum atomic E-state index is 12.0. The van der Waals surface area contributed by atoms with Crippen LogP contribution >= 0.6 is 11.6 Å². The standard InChI is InChI=1S/C15H19ClN2O2/c1-2-7-17-8-10-18(11-9-17)15(19)12-20-14-5-3-13(16)4-6-14/h2-6H,1,7-12H2. The van der Waals surface area contributed by atoms with Crippen LogP contribution in [0.4, 0.5) is 0 Å². The summed E-state index contributed by atoms with van der Waals surface area (Å²) in [5, 5.41) is 0.655. The normalized spacial score (nSPS) is 15.9. The van der Waals surface area contributed by atoms with Crippen LogP contribution in [0.15, 0.2) is 36.9 Å². The van der Waals surface area contributed by atoms with Crippen LogP contribution in [0.25, 0.3) is 0 Å². The Kier molecular flexibility index (Phi) is 5.44. The summed E-state index contributed by atoms with van der Waals surface area (Å²) in [7, 11) is 0. The first-order valence-corrected chi connectivity index (χ1v) is 7.06. The monoisotopic (exact) mass is 294 g/mol. The number of nitrogens with zero attached hydrogens (tertiary/aromatic N) is 2. The highest BCUT2D eigenvalue weighted by Crippen LogP contribution is 2.15. The van der Waals surface area contributed by atoms with Gasteiger partial charge in [0.1, 0.15) is 5.75 Å². The van der Waals surface area contributed by atoms with Gasteiger partial charge in [0.25, 0.3) is 5.91 Å². The third-order valence-corrected chi connectivity index (χ3v) is 3.54. The molecule has 0 bridgehead atoms. The SMILES string of the molecule is C=CCN1CCN(C(=O)COc2ccc(Cl)cc2)CC1. The van der Waals surface area contributed by atoms with Crippen molar-refractivity contribution in [2.24, 2.45) is 0 Å². The first-order chi connectivity index (χ1) is 9.69. The fourth-order valence-corrected chi connectivity index (χ4v) is 2.26. The van der Waals surface area contributed by atoms with Crippen molar-refractivity contribution in [2.45, 2.75) is 0 Å². The van der Waals surface area contributed by atoms with Gasteiger partial charge in [0.15, 0.2) is 6.61 Å². The Bertz CT molecular complexity index is 453. The topological polar surface area (TPSA) is 32.8 Å². The number of rotatable bonds is 5. The zero-order valence-electron chi connectivity index (χ0n) is 11.4. The summed E-state index contributed by atoms with van der Waals surface area (Å²) >= 11 is 5.79. The number of benzene rings is 1. The molecule has 1 aromatic carbocycles. The molecule has 1 heterocycles. The van der Waals surface area contributed by atoms with Crippen LogP contribution in [0, 0.1) is 0 Å². The molecule has 0 atom stereocenters. The Balaban J connectivity index is 1.75. The summed E-state index contributed by atoms with van der Waals surface area (Å²) in [6.07, 6.45) is 1.89. The predicted octanol–water partition coefficient (Wildman–Crippen LogP) is 2.05. The lowest BCUT2D eigenvalue weighted by atomic mass is 10.3. The molecule has 0 N–H and O–H groups in total. The van der Waals surface area contributed by atoms with Crippen LogP contribution in [0.2, 0.25) is 5.02 Å². The van der Waals surface area contributed by atoms with E-state index in [0.717, 1.165) is 32.7 Å². The van der Waals surface area contributed by atoms with Crippen LogP contribution in [0.1, 0.15) is 0 Å². The van der Waals surface area contributed by atoms with Crippen molar-refractivity contribution in [3.05, 3.63) is 41.9 Å². The fraction of sp³-hybridized carbons (Fsp3) is 0.400. The second-order valence-electron chi connectivity index (χ2n) is 4.71. The average Bonchev–Trinajstić information content (AvgIpc) is 2.47. The van der Waals surface area contributed by atoms with E-state index < -0.39 is 0 Å². The summed E-state index contributed by atoms with van der Waals surface area (Å²) in [5.41, 5.74) is 0. The van der Waals surface area contributed by atoms with E-state index in [1.165, 1.54) is 0 Å². The molecule has 108 valence electrons. The lowest BCUT2D eigenvalue weighted by Crippen LogP contribution is -2.49. The largest absolute Gasteiger partial charge is 0.484 e. The Morgan fingerprint density at radius 2 is 1.90 bits per heavy atom. The molecule has 0 saturated carbocycles. The van der Waals surface area contributed by atoms with E-state index in [1.807, 2.05) is 11.0 Å². The Labute approximate surface area is 124 Å². The molecule has 5 heteroatoms. The minimum Gasteiger partial charge on any atom is -0.484 e. The molecule has 1 aliphatic heterocycles. The van der Waals surface area contributed by atoms with Crippen LogP contribution in [0.3, 0.4) is 0 Å². The predicted molar refractivity (Wildman–Crippen MR) is 80.2 cm³/mol. The molecule has 0 spiro atoms. The number of carbonyl (C=O) groups is 1. The summed E-state index contributed by atoms with van der Waals surface area (Å²) in [5.74, 6) is 0.686. The van der Waals surface area contributed by atoms with Gasteiger partial charge in [-0.15, -0.1) is 6.58 Å². The molecular weight excluding hydrogens is 276 g/mol. The Morgan fingerprint density at radius 1 is 1.25 bits per heavy atom. The van der Waals surface area contributed by atoms with Crippen molar-refractivity contribution < 1.29 is 9.53 Å². The van der Waals surface area contributed by atoms with E-state index in [9.17, 15) is 4.79 Å². The van der Waals surface area contributed by atoms with E-state index >= 15 is 0 Å². The molecule has 0 unspecified atom stereocenters. The van der Waals surface area contributed by atoms with Gasteiger partial charge in [-0.25, -0.2) is 0 Å². The van der Waals surface area contributed by atoms with Crippen LogP contribution in [0.5, 0.6) is 5.75 Å². The molecule has 0 aliphatic carbocycles. The number of carbonyl (C=O) groups excluding carboxylic acids is 1. The van der Waals surface area contributed by atoms with E-state index in [1.54, 1.807) is 24.3 Å². The molecule has 1 saturated heterocycles. The fourth-order valence-electron chi connectivity index (χ4n) is 2.13. The first-order valence-electron chi connectivity index (χ1n) is 6.68. The highest BCUT2D eigenvalue weighted by atomic mass is 35.5. The van der Waals surface area contributed by atoms with E-state index in [2.05, 4.69) is 11.5 Å². The van der Waals surface area contributed by atoms with E-state index in [4.69, 9.17) is 16.3 Å². The number of hydrogen-bond acceptors (Lipinski definition) is 3. The molecular formula is C15H19ClN2O2.